The third-order valence-electron chi connectivity index (χ3n) is 1.69. The van der Waals surface area contributed by atoms with Gasteiger partial charge in [0.15, 0.2) is 0 Å². The molecule has 1 unspecified atom stereocenters. The summed E-state index contributed by atoms with van der Waals surface area (Å²) in [5, 5.41) is 9.76. The fraction of sp³-hybridized carbons (Fsp3) is 1.00. The van der Waals surface area contributed by atoms with Gasteiger partial charge in [-0.15, -0.1) is 0 Å². The van der Waals surface area contributed by atoms with E-state index in [2.05, 4.69) is 41.5 Å². The third-order valence-corrected chi connectivity index (χ3v) is 3.38. The van der Waals surface area contributed by atoms with Crippen molar-refractivity contribution >= 4 is 11.8 Å². The summed E-state index contributed by atoms with van der Waals surface area (Å²) in [7, 11) is 0. The van der Waals surface area contributed by atoms with E-state index in [0.717, 1.165) is 17.9 Å². The average Bonchev–Trinajstić information content (AvgIpc) is 1.78. The van der Waals surface area contributed by atoms with Crippen molar-refractivity contribution in [3.63, 3.8) is 0 Å². The molecule has 0 amide bonds. The fourth-order valence-corrected chi connectivity index (χ4v) is 2.39. The van der Waals surface area contributed by atoms with Crippen molar-refractivity contribution in [1.82, 2.24) is 0 Å². The van der Waals surface area contributed by atoms with Gasteiger partial charge >= 0.3 is 0 Å². The summed E-state index contributed by atoms with van der Waals surface area (Å²) >= 11 is 1.86. The SMILES string of the molecule is CC(C)(C)CSCC(O)CC(C)(C)C. The number of hydrogen-bond acceptors (Lipinski definition) is 2. The topological polar surface area (TPSA) is 20.2 Å². The van der Waals surface area contributed by atoms with Crippen molar-refractivity contribution in [2.24, 2.45) is 10.8 Å². The molecule has 0 spiro atoms. The number of thioether (sulfide) groups is 1. The van der Waals surface area contributed by atoms with Gasteiger partial charge in [-0.25, -0.2) is 0 Å². The van der Waals surface area contributed by atoms with Crippen LogP contribution in [0.5, 0.6) is 0 Å². The minimum atomic E-state index is -0.151. The van der Waals surface area contributed by atoms with E-state index in [0.29, 0.717) is 5.41 Å². The van der Waals surface area contributed by atoms with Crippen molar-refractivity contribution in [2.75, 3.05) is 11.5 Å². The number of rotatable bonds is 4. The molecular formula is C12H26OS. The molecule has 0 aromatic heterocycles. The average molecular weight is 218 g/mol. The first-order chi connectivity index (χ1) is 6.10. The van der Waals surface area contributed by atoms with E-state index in [-0.39, 0.29) is 11.5 Å². The van der Waals surface area contributed by atoms with E-state index in [4.69, 9.17) is 0 Å². The Kier molecular flexibility index (Phi) is 5.53. The van der Waals surface area contributed by atoms with Crippen LogP contribution in [0.2, 0.25) is 0 Å². The van der Waals surface area contributed by atoms with Crippen molar-refractivity contribution in [3.8, 4) is 0 Å². The molecule has 0 radical (unpaired) electrons. The summed E-state index contributed by atoms with van der Waals surface area (Å²) in [6, 6.07) is 0. The first-order valence-electron chi connectivity index (χ1n) is 5.36. The normalized spacial score (nSPS) is 15.6. The molecule has 14 heavy (non-hydrogen) atoms. The van der Waals surface area contributed by atoms with Crippen LogP contribution >= 0.6 is 11.8 Å². The molecule has 86 valence electrons. The fourth-order valence-electron chi connectivity index (χ4n) is 1.27. The lowest BCUT2D eigenvalue weighted by molar-refractivity contribution is 0.142. The molecule has 0 aliphatic heterocycles. The Labute approximate surface area is 93.7 Å². The highest BCUT2D eigenvalue weighted by Crippen LogP contribution is 2.25. The summed E-state index contributed by atoms with van der Waals surface area (Å²) in [4.78, 5) is 0. The van der Waals surface area contributed by atoms with E-state index >= 15 is 0 Å². The minimum absolute atomic E-state index is 0.151. The third kappa shape index (κ3) is 10.4. The van der Waals surface area contributed by atoms with Crippen LogP contribution in [-0.4, -0.2) is 22.7 Å². The van der Waals surface area contributed by atoms with Gasteiger partial charge in [0.25, 0.3) is 0 Å². The van der Waals surface area contributed by atoms with Crippen LogP contribution in [0.3, 0.4) is 0 Å². The molecule has 0 saturated carbocycles. The predicted molar refractivity (Wildman–Crippen MR) is 66.9 cm³/mol. The van der Waals surface area contributed by atoms with Gasteiger partial charge < -0.3 is 5.11 Å². The van der Waals surface area contributed by atoms with Crippen molar-refractivity contribution in [3.05, 3.63) is 0 Å². The second-order valence-corrected chi connectivity index (χ2v) is 7.52. The summed E-state index contributed by atoms with van der Waals surface area (Å²) in [5.74, 6) is 1.99. The van der Waals surface area contributed by atoms with E-state index in [1.165, 1.54) is 0 Å². The van der Waals surface area contributed by atoms with Crippen LogP contribution in [0, 0.1) is 10.8 Å². The highest BCUT2D eigenvalue weighted by atomic mass is 32.2. The standard InChI is InChI=1S/C12H26OS/c1-11(2,3)7-10(13)8-14-9-12(4,5)6/h10,13H,7-9H2,1-6H3. The van der Waals surface area contributed by atoms with Crippen LogP contribution in [0.15, 0.2) is 0 Å². The Hall–Kier alpha value is 0.310. The predicted octanol–water partition coefficient (Wildman–Crippen LogP) is 3.56. The molecule has 2 heteroatoms. The number of aliphatic hydroxyl groups is 1. The van der Waals surface area contributed by atoms with E-state index in [9.17, 15) is 5.11 Å². The van der Waals surface area contributed by atoms with Crippen molar-refractivity contribution in [1.29, 1.82) is 0 Å². The van der Waals surface area contributed by atoms with Gasteiger partial charge in [-0.05, 0) is 23.0 Å². The van der Waals surface area contributed by atoms with Crippen molar-refractivity contribution in [2.45, 2.75) is 54.1 Å². The van der Waals surface area contributed by atoms with E-state index < -0.39 is 0 Å². The Morgan fingerprint density at radius 1 is 1.00 bits per heavy atom. The van der Waals surface area contributed by atoms with Gasteiger partial charge in [0.1, 0.15) is 0 Å². The highest BCUT2D eigenvalue weighted by molar-refractivity contribution is 7.99. The lowest BCUT2D eigenvalue weighted by Crippen LogP contribution is -2.20. The maximum Gasteiger partial charge on any atom is 0.0635 e. The minimum Gasteiger partial charge on any atom is -0.392 e. The summed E-state index contributed by atoms with van der Waals surface area (Å²) in [6.07, 6.45) is 0.742. The van der Waals surface area contributed by atoms with Crippen LogP contribution in [0.4, 0.5) is 0 Å². The largest absolute Gasteiger partial charge is 0.392 e. The summed E-state index contributed by atoms with van der Waals surface area (Å²) in [5.41, 5.74) is 0.605. The molecule has 1 nitrogen and oxygen atoms in total. The van der Waals surface area contributed by atoms with Crippen LogP contribution in [-0.2, 0) is 0 Å². The molecule has 0 aromatic carbocycles. The first-order valence-corrected chi connectivity index (χ1v) is 6.51. The van der Waals surface area contributed by atoms with E-state index in [1.54, 1.807) is 0 Å². The highest BCUT2D eigenvalue weighted by Gasteiger charge is 2.17. The van der Waals surface area contributed by atoms with Crippen LogP contribution < -0.4 is 0 Å². The first kappa shape index (κ1) is 14.3. The number of aliphatic hydroxyl groups excluding tert-OH is 1. The van der Waals surface area contributed by atoms with Gasteiger partial charge in [-0.2, -0.15) is 11.8 Å². The monoisotopic (exact) mass is 218 g/mol. The molecule has 0 fully saturated rings. The summed E-state index contributed by atoms with van der Waals surface area (Å²) in [6.45, 7) is 13.2. The zero-order valence-corrected chi connectivity index (χ0v) is 11.4. The maximum absolute atomic E-state index is 9.76. The van der Waals surface area contributed by atoms with Gasteiger partial charge in [0, 0.05) is 5.75 Å². The molecule has 0 saturated heterocycles. The smallest absolute Gasteiger partial charge is 0.0635 e. The van der Waals surface area contributed by atoms with Gasteiger partial charge in [-0.3, -0.25) is 0 Å². The van der Waals surface area contributed by atoms with Crippen LogP contribution in [0.25, 0.3) is 0 Å². The lowest BCUT2D eigenvalue weighted by Gasteiger charge is -2.23. The molecule has 0 aromatic rings. The van der Waals surface area contributed by atoms with Gasteiger partial charge in [-0.1, -0.05) is 41.5 Å². The maximum atomic E-state index is 9.76. The molecule has 0 heterocycles. The zero-order chi connectivity index (χ0) is 11.4. The van der Waals surface area contributed by atoms with Gasteiger partial charge in [0.05, 0.1) is 6.10 Å². The Morgan fingerprint density at radius 2 is 1.50 bits per heavy atom. The Morgan fingerprint density at radius 3 is 1.86 bits per heavy atom. The number of hydrogen-bond donors (Lipinski definition) is 1. The van der Waals surface area contributed by atoms with Crippen LogP contribution in [0.1, 0.15) is 48.0 Å². The Bertz CT molecular complexity index is 153. The molecule has 0 rings (SSSR count). The molecular weight excluding hydrogens is 192 g/mol. The molecule has 1 N–H and O–H groups in total. The van der Waals surface area contributed by atoms with Gasteiger partial charge in [0.2, 0.25) is 0 Å². The molecule has 0 aliphatic carbocycles. The second-order valence-electron chi connectivity index (χ2n) is 6.49. The zero-order valence-electron chi connectivity index (χ0n) is 10.6. The lowest BCUT2D eigenvalue weighted by atomic mass is 9.90. The Balaban J connectivity index is 3.60. The summed E-state index contributed by atoms with van der Waals surface area (Å²) < 4.78 is 0. The molecule has 0 aliphatic rings. The van der Waals surface area contributed by atoms with Crippen molar-refractivity contribution < 1.29 is 5.11 Å². The van der Waals surface area contributed by atoms with E-state index in [1.807, 2.05) is 11.8 Å². The molecule has 1 atom stereocenters. The quantitative estimate of drug-likeness (QED) is 0.778. The second kappa shape index (κ2) is 5.41. The molecule has 0 bridgehead atoms.